The Balaban J connectivity index is 3.82. The van der Waals surface area contributed by atoms with Crippen LogP contribution in [0.25, 0.3) is 0 Å². The SMILES string of the molecule is CCCCC(C)(C)CC(=O)OCC(C)C. The van der Waals surface area contributed by atoms with Gasteiger partial charge in [-0.1, -0.05) is 47.5 Å². The Bertz CT molecular complexity index is 183. The zero-order chi connectivity index (χ0) is 11.9. The van der Waals surface area contributed by atoms with Crippen molar-refractivity contribution in [3.05, 3.63) is 0 Å². The van der Waals surface area contributed by atoms with Gasteiger partial charge in [-0.05, 0) is 17.8 Å². The van der Waals surface area contributed by atoms with Crippen molar-refractivity contribution < 1.29 is 9.53 Å². The Morgan fingerprint density at radius 3 is 2.40 bits per heavy atom. The average Bonchev–Trinajstić information content (AvgIpc) is 2.11. The van der Waals surface area contributed by atoms with E-state index in [-0.39, 0.29) is 11.4 Å². The molecular weight excluding hydrogens is 188 g/mol. The first-order valence-corrected chi connectivity index (χ1v) is 6.03. The maximum atomic E-state index is 11.5. The summed E-state index contributed by atoms with van der Waals surface area (Å²) in [6.07, 6.45) is 4.01. The van der Waals surface area contributed by atoms with Crippen molar-refractivity contribution in [3.63, 3.8) is 0 Å². The zero-order valence-electron chi connectivity index (χ0n) is 10.9. The average molecular weight is 214 g/mol. The van der Waals surface area contributed by atoms with Crippen LogP contribution in [-0.2, 0) is 9.53 Å². The van der Waals surface area contributed by atoms with Gasteiger partial charge in [0.05, 0.1) is 13.0 Å². The normalized spacial score (nSPS) is 11.9. The highest BCUT2D eigenvalue weighted by Gasteiger charge is 2.22. The van der Waals surface area contributed by atoms with Crippen LogP contribution in [0, 0.1) is 11.3 Å². The van der Waals surface area contributed by atoms with Crippen LogP contribution >= 0.6 is 0 Å². The molecule has 0 unspecified atom stereocenters. The molecule has 0 fully saturated rings. The van der Waals surface area contributed by atoms with Gasteiger partial charge >= 0.3 is 5.97 Å². The Labute approximate surface area is 94.4 Å². The molecule has 0 aliphatic carbocycles. The fraction of sp³-hybridized carbons (Fsp3) is 0.923. The molecule has 0 saturated carbocycles. The molecule has 2 nitrogen and oxygen atoms in total. The minimum Gasteiger partial charge on any atom is -0.465 e. The summed E-state index contributed by atoms with van der Waals surface area (Å²) in [5, 5.41) is 0. The molecule has 0 aliphatic heterocycles. The molecule has 0 bridgehead atoms. The van der Waals surface area contributed by atoms with Gasteiger partial charge in [0, 0.05) is 0 Å². The van der Waals surface area contributed by atoms with Crippen molar-refractivity contribution in [1.82, 2.24) is 0 Å². The lowest BCUT2D eigenvalue weighted by molar-refractivity contribution is -0.147. The van der Waals surface area contributed by atoms with Crippen LogP contribution < -0.4 is 0 Å². The van der Waals surface area contributed by atoms with E-state index >= 15 is 0 Å². The molecule has 0 N–H and O–H groups in total. The van der Waals surface area contributed by atoms with Crippen LogP contribution in [-0.4, -0.2) is 12.6 Å². The number of unbranched alkanes of at least 4 members (excludes halogenated alkanes) is 1. The molecule has 15 heavy (non-hydrogen) atoms. The van der Waals surface area contributed by atoms with Gasteiger partial charge in [-0.3, -0.25) is 4.79 Å². The minimum absolute atomic E-state index is 0.0511. The Hall–Kier alpha value is -0.530. The van der Waals surface area contributed by atoms with Gasteiger partial charge in [-0.2, -0.15) is 0 Å². The van der Waals surface area contributed by atoms with E-state index in [2.05, 4.69) is 34.6 Å². The van der Waals surface area contributed by atoms with Crippen LogP contribution in [0.3, 0.4) is 0 Å². The Morgan fingerprint density at radius 2 is 1.93 bits per heavy atom. The molecule has 0 aromatic rings. The van der Waals surface area contributed by atoms with Gasteiger partial charge in [0.15, 0.2) is 0 Å². The fourth-order valence-corrected chi connectivity index (χ4v) is 1.45. The van der Waals surface area contributed by atoms with E-state index in [1.165, 1.54) is 12.8 Å². The van der Waals surface area contributed by atoms with Crippen LogP contribution in [0.15, 0.2) is 0 Å². The number of rotatable bonds is 7. The first-order valence-electron chi connectivity index (χ1n) is 6.03. The number of hydrogen-bond donors (Lipinski definition) is 0. The van der Waals surface area contributed by atoms with Crippen molar-refractivity contribution in [1.29, 1.82) is 0 Å². The molecule has 0 atom stereocenters. The van der Waals surface area contributed by atoms with Gasteiger partial charge in [-0.15, -0.1) is 0 Å². The molecule has 0 saturated heterocycles. The molecule has 2 heteroatoms. The summed E-state index contributed by atoms with van der Waals surface area (Å²) in [6, 6.07) is 0. The number of esters is 1. The second-order valence-electron chi connectivity index (χ2n) is 5.52. The molecule has 0 radical (unpaired) electrons. The number of ether oxygens (including phenoxy) is 1. The standard InChI is InChI=1S/C13H26O2/c1-6-7-8-13(4,5)9-12(14)15-10-11(2)3/h11H,6-10H2,1-5H3. The smallest absolute Gasteiger partial charge is 0.306 e. The zero-order valence-corrected chi connectivity index (χ0v) is 10.9. The lowest BCUT2D eigenvalue weighted by Gasteiger charge is -2.23. The molecule has 90 valence electrons. The lowest BCUT2D eigenvalue weighted by atomic mass is 9.84. The highest BCUT2D eigenvalue weighted by atomic mass is 16.5. The van der Waals surface area contributed by atoms with E-state index in [0.717, 1.165) is 6.42 Å². The van der Waals surface area contributed by atoms with E-state index in [4.69, 9.17) is 4.74 Å². The van der Waals surface area contributed by atoms with Crippen molar-refractivity contribution in [2.24, 2.45) is 11.3 Å². The molecular formula is C13H26O2. The maximum absolute atomic E-state index is 11.5. The quantitative estimate of drug-likeness (QED) is 0.603. The van der Waals surface area contributed by atoms with E-state index in [1.54, 1.807) is 0 Å². The summed E-state index contributed by atoms with van der Waals surface area (Å²) < 4.78 is 5.18. The van der Waals surface area contributed by atoms with Crippen LogP contribution in [0.4, 0.5) is 0 Å². The van der Waals surface area contributed by atoms with E-state index in [9.17, 15) is 4.79 Å². The summed E-state index contributed by atoms with van der Waals surface area (Å²) in [7, 11) is 0. The third kappa shape index (κ3) is 8.46. The molecule has 0 rings (SSSR count). The molecule has 0 heterocycles. The second-order valence-corrected chi connectivity index (χ2v) is 5.52. The van der Waals surface area contributed by atoms with Crippen LogP contribution in [0.2, 0.25) is 0 Å². The fourth-order valence-electron chi connectivity index (χ4n) is 1.45. The highest BCUT2D eigenvalue weighted by molar-refractivity contribution is 5.70. The molecule has 0 spiro atoms. The lowest BCUT2D eigenvalue weighted by Crippen LogP contribution is -2.20. The first-order chi connectivity index (χ1) is 6.87. The Morgan fingerprint density at radius 1 is 1.33 bits per heavy atom. The van der Waals surface area contributed by atoms with Crippen molar-refractivity contribution in [2.45, 2.75) is 60.3 Å². The van der Waals surface area contributed by atoms with E-state index < -0.39 is 0 Å². The maximum Gasteiger partial charge on any atom is 0.306 e. The third-order valence-electron chi connectivity index (χ3n) is 2.41. The van der Waals surface area contributed by atoms with Crippen molar-refractivity contribution in [2.75, 3.05) is 6.61 Å². The number of hydrogen-bond acceptors (Lipinski definition) is 2. The van der Waals surface area contributed by atoms with Crippen LogP contribution in [0.1, 0.15) is 60.3 Å². The Kier molecular flexibility index (Phi) is 6.62. The molecule has 0 amide bonds. The first kappa shape index (κ1) is 14.5. The summed E-state index contributed by atoms with van der Waals surface area (Å²) >= 11 is 0. The molecule has 0 aromatic heterocycles. The van der Waals surface area contributed by atoms with Gasteiger partial charge in [0.1, 0.15) is 0 Å². The minimum atomic E-state index is -0.0511. The predicted octanol–water partition coefficient (Wildman–Crippen LogP) is 3.79. The number of carbonyl (C=O) groups is 1. The van der Waals surface area contributed by atoms with Gasteiger partial charge < -0.3 is 4.74 Å². The summed E-state index contributed by atoms with van der Waals surface area (Å²) in [5.74, 6) is 0.373. The monoisotopic (exact) mass is 214 g/mol. The van der Waals surface area contributed by atoms with Crippen molar-refractivity contribution >= 4 is 5.97 Å². The predicted molar refractivity (Wildman–Crippen MR) is 63.7 cm³/mol. The molecule has 0 aromatic carbocycles. The van der Waals surface area contributed by atoms with E-state index in [1.807, 2.05) is 0 Å². The summed E-state index contributed by atoms with van der Waals surface area (Å²) in [6.45, 7) is 11.1. The largest absolute Gasteiger partial charge is 0.465 e. The van der Waals surface area contributed by atoms with E-state index in [0.29, 0.717) is 18.9 Å². The highest BCUT2D eigenvalue weighted by Crippen LogP contribution is 2.27. The van der Waals surface area contributed by atoms with Gasteiger partial charge in [0.25, 0.3) is 0 Å². The van der Waals surface area contributed by atoms with Crippen molar-refractivity contribution in [3.8, 4) is 0 Å². The van der Waals surface area contributed by atoms with Gasteiger partial charge in [0.2, 0.25) is 0 Å². The topological polar surface area (TPSA) is 26.3 Å². The van der Waals surface area contributed by atoms with Gasteiger partial charge in [-0.25, -0.2) is 0 Å². The number of carbonyl (C=O) groups excluding carboxylic acids is 1. The van der Waals surface area contributed by atoms with Crippen LogP contribution in [0.5, 0.6) is 0 Å². The third-order valence-corrected chi connectivity index (χ3v) is 2.41. The second kappa shape index (κ2) is 6.86. The molecule has 0 aliphatic rings. The summed E-state index contributed by atoms with van der Waals surface area (Å²) in [5.41, 5.74) is 0.0874. The summed E-state index contributed by atoms with van der Waals surface area (Å²) in [4.78, 5) is 11.5.